The second kappa shape index (κ2) is 8.26. The molecule has 13 heteroatoms. The molecule has 4 N–H and O–H groups in total. The van der Waals surface area contributed by atoms with Crippen LogP contribution in [0.15, 0.2) is 46.2 Å². The van der Waals surface area contributed by atoms with E-state index in [4.69, 9.17) is 9.47 Å². The van der Waals surface area contributed by atoms with E-state index in [1.54, 1.807) is 36.4 Å². The molecule has 2 aromatic rings. The summed E-state index contributed by atoms with van der Waals surface area (Å²) in [7, 11) is -4.35. The SMILES string of the molecule is O=C1NCNC12CCS(=O)(=O)c1ccccc12.O=C1NCNC12CCS(=O)c1cc3c(cc12)OCO3. The van der Waals surface area contributed by atoms with Gasteiger partial charge in [0.25, 0.3) is 0 Å². The number of carbonyl (C=O) groups excluding carboxylic acids is 2. The number of fused-ring (bicyclic) bond motifs is 5. The quantitative estimate of drug-likeness (QED) is 0.353. The van der Waals surface area contributed by atoms with E-state index < -0.39 is 31.7 Å². The van der Waals surface area contributed by atoms with Crippen LogP contribution in [0.4, 0.5) is 0 Å². The van der Waals surface area contributed by atoms with Gasteiger partial charge >= 0.3 is 0 Å². The van der Waals surface area contributed by atoms with Gasteiger partial charge in [0.15, 0.2) is 21.3 Å². The predicted molar refractivity (Wildman–Crippen MR) is 127 cm³/mol. The monoisotopic (exact) mass is 532 g/mol. The molecule has 2 spiro atoms. The van der Waals surface area contributed by atoms with Crippen LogP contribution in [0.3, 0.4) is 0 Å². The summed E-state index contributed by atoms with van der Waals surface area (Å²) in [6.07, 6.45) is 0.816. The predicted octanol–water partition coefficient (Wildman–Crippen LogP) is -0.465. The molecule has 2 amide bonds. The maximum Gasteiger partial charge on any atom is 0.246 e. The van der Waals surface area contributed by atoms with Crippen LogP contribution in [0, 0.1) is 0 Å². The Balaban J connectivity index is 0.000000134. The van der Waals surface area contributed by atoms with Crippen LogP contribution in [0.25, 0.3) is 0 Å². The Bertz CT molecular complexity index is 1430. The minimum atomic E-state index is -3.25. The first kappa shape index (κ1) is 23.4. The highest BCUT2D eigenvalue weighted by atomic mass is 32.2. The molecule has 0 aromatic heterocycles. The fourth-order valence-corrected chi connectivity index (χ4v) is 8.50. The number of ether oxygens (including phenoxy) is 2. The molecule has 0 bridgehead atoms. The highest BCUT2D eigenvalue weighted by Crippen LogP contribution is 2.44. The number of amides is 2. The van der Waals surface area contributed by atoms with Crippen molar-refractivity contribution in [3.63, 3.8) is 0 Å². The molecular formula is C23H24N4O7S2. The fraction of sp³-hybridized carbons (Fsp3) is 0.391. The molecule has 5 aliphatic heterocycles. The van der Waals surface area contributed by atoms with Crippen molar-refractivity contribution in [2.24, 2.45) is 0 Å². The molecule has 2 fully saturated rings. The minimum absolute atomic E-state index is 0.00440. The van der Waals surface area contributed by atoms with Crippen molar-refractivity contribution in [3.8, 4) is 11.5 Å². The summed E-state index contributed by atoms with van der Waals surface area (Å²) in [5.41, 5.74) is -0.316. The average molecular weight is 533 g/mol. The van der Waals surface area contributed by atoms with E-state index in [2.05, 4.69) is 21.3 Å². The third-order valence-corrected chi connectivity index (χ3v) is 10.5. The smallest absolute Gasteiger partial charge is 0.246 e. The van der Waals surface area contributed by atoms with Gasteiger partial charge in [0, 0.05) is 27.8 Å². The van der Waals surface area contributed by atoms with Crippen LogP contribution in [-0.2, 0) is 41.3 Å². The van der Waals surface area contributed by atoms with Crippen molar-refractivity contribution in [3.05, 3.63) is 47.5 Å². The van der Waals surface area contributed by atoms with Crippen molar-refractivity contribution in [2.45, 2.75) is 33.7 Å². The zero-order valence-corrected chi connectivity index (χ0v) is 20.7. The minimum Gasteiger partial charge on any atom is -0.454 e. The number of hydrogen-bond donors (Lipinski definition) is 4. The van der Waals surface area contributed by atoms with Crippen molar-refractivity contribution >= 4 is 32.5 Å². The highest BCUT2D eigenvalue weighted by Gasteiger charge is 2.50. The summed E-state index contributed by atoms with van der Waals surface area (Å²) in [5.74, 6) is 1.47. The van der Waals surface area contributed by atoms with Crippen LogP contribution in [-0.4, -0.2) is 56.1 Å². The van der Waals surface area contributed by atoms with Crippen LogP contribution in [0.5, 0.6) is 11.5 Å². The average Bonchev–Trinajstić information content (AvgIpc) is 3.59. The molecule has 3 atom stereocenters. The lowest BCUT2D eigenvalue weighted by Gasteiger charge is -2.32. The van der Waals surface area contributed by atoms with Crippen LogP contribution >= 0.6 is 0 Å². The Kier molecular flexibility index (Phi) is 5.37. The lowest BCUT2D eigenvalue weighted by Crippen LogP contribution is -2.48. The van der Waals surface area contributed by atoms with Crippen LogP contribution in [0.1, 0.15) is 24.0 Å². The standard InChI is InChI=1S/C12H12N2O4S.C11H12N2O3S/c15-11-12(14-5-13-11)1-2-19(16)10-4-9-8(3-7(10)12)17-6-18-9;14-10-11(13-7-12-10)5-6-17(15,16)9-4-2-1-3-8(9)11/h3-4,14H,1-2,5-6H2,(H,13,15);1-4,13H,5-7H2,(H,12,14). The van der Waals surface area contributed by atoms with Crippen molar-refractivity contribution in [2.75, 3.05) is 31.6 Å². The van der Waals surface area contributed by atoms with Gasteiger partial charge in [-0.1, -0.05) is 18.2 Å². The van der Waals surface area contributed by atoms with E-state index in [1.165, 1.54) is 0 Å². The first-order valence-electron chi connectivity index (χ1n) is 11.5. The number of benzene rings is 2. The summed E-state index contributed by atoms with van der Waals surface area (Å²) in [6.45, 7) is 0.976. The molecule has 11 nitrogen and oxygen atoms in total. The van der Waals surface area contributed by atoms with E-state index >= 15 is 0 Å². The number of sulfone groups is 1. The lowest BCUT2D eigenvalue weighted by molar-refractivity contribution is -0.125. The van der Waals surface area contributed by atoms with Gasteiger partial charge < -0.3 is 20.1 Å². The Hall–Kier alpha value is -3.00. The van der Waals surface area contributed by atoms with Gasteiger partial charge in [-0.05, 0) is 25.0 Å². The van der Waals surface area contributed by atoms with Crippen molar-refractivity contribution in [1.82, 2.24) is 21.3 Å². The third-order valence-electron chi connectivity index (χ3n) is 7.32. The van der Waals surface area contributed by atoms with Crippen LogP contribution < -0.4 is 30.7 Å². The van der Waals surface area contributed by atoms with E-state index in [0.717, 1.165) is 5.56 Å². The number of hydrogen-bond acceptors (Lipinski definition) is 9. The fourth-order valence-electron chi connectivity index (χ4n) is 5.41. The van der Waals surface area contributed by atoms with Gasteiger partial charge in [-0.3, -0.25) is 24.4 Å². The Morgan fingerprint density at radius 1 is 0.861 bits per heavy atom. The van der Waals surface area contributed by atoms with Gasteiger partial charge in [-0.25, -0.2) is 8.42 Å². The van der Waals surface area contributed by atoms with Crippen LogP contribution in [0.2, 0.25) is 0 Å². The summed E-state index contributed by atoms with van der Waals surface area (Å²) in [6, 6.07) is 10.2. The molecule has 36 heavy (non-hydrogen) atoms. The second-order valence-corrected chi connectivity index (χ2v) is 12.7. The topological polar surface area (TPSA) is 152 Å². The van der Waals surface area contributed by atoms with Gasteiger partial charge in [-0.2, -0.15) is 0 Å². The zero-order valence-electron chi connectivity index (χ0n) is 19.1. The first-order chi connectivity index (χ1) is 17.3. The van der Waals surface area contributed by atoms with Crippen molar-refractivity contribution in [1.29, 1.82) is 0 Å². The molecule has 0 radical (unpaired) electrons. The molecule has 5 aliphatic rings. The molecule has 5 heterocycles. The number of carbonyl (C=O) groups is 2. The van der Waals surface area contributed by atoms with Crippen molar-refractivity contribution < 1.29 is 31.7 Å². The summed E-state index contributed by atoms with van der Waals surface area (Å²) in [5, 5.41) is 11.8. The lowest BCUT2D eigenvalue weighted by atomic mass is 9.86. The third kappa shape index (κ3) is 3.37. The number of nitrogens with one attached hydrogen (secondary N) is 4. The zero-order chi connectivity index (χ0) is 25.1. The highest BCUT2D eigenvalue weighted by molar-refractivity contribution is 7.91. The Morgan fingerprint density at radius 3 is 2.17 bits per heavy atom. The largest absolute Gasteiger partial charge is 0.454 e. The van der Waals surface area contributed by atoms with Gasteiger partial charge in [0.2, 0.25) is 18.6 Å². The molecule has 190 valence electrons. The van der Waals surface area contributed by atoms with Gasteiger partial charge in [0.1, 0.15) is 11.1 Å². The van der Waals surface area contributed by atoms with Gasteiger partial charge in [0.05, 0.1) is 34.8 Å². The molecular weight excluding hydrogens is 508 g/mol. The van der Waals surface area contributed by atoms with Gasteiger partial charge in [-0.15, -0.1) is 0 Å². The van der Waals surface area contributed by atoms with E-state index in [0.29, 0.717) is 47.5 Å². The maximum atomic E-state index is 12.2. The Morgan fingerprint density at radius 2 is 1.50 bits per heavy atom. The number of rotatable bonds is 0. The normalized spacial score (nSPS) is 30.7. The Labute approximate surface area is 209 Å². The van der Waals surface area contributed by atoms with E-state index in [9.17, 15) is 22.2 Å². The maximum absolute atomic E-state index is 12.2. The summed E-state index contributed by atoms with van der Waals surface area (Å²) in [4.78, 5) is 25.1. The van der Waals surface area contributed by atoms with E-state index in [-0.39, 0.29) is 35.7 Å². The molecule has 2 saturated heterocycles. The van der Waals surface area contributed by atoms with E-state index in [1.807, 2.05) is 0 Å². The first-order valence-corrected chi connectivity index (χ1v) is 14.5. The molecule has 0 aliphatic carbocycles. The molecule has 0 saturated carbocycles. The molecule has 7 rings (SSSR count). The molecule has 3 unspecified atom stereocenters. The summed E-state index contributed by atoms with van der Waals surface area (Å²) >= 11 is 0. The second-order valence-electron chi connectivity index (χ2n) is 9.10. The molecule has 2 aromatic carbocycles. The summed E-state index contributed by atoms with van der Waals surface area (Å²) < 4.78 is 46.8.